The summed E-state index contributed by atoms with van der Waals surface area (Å²) in [6.07, 6.45) is 1.24. The molecule has 0 fully saturated rings. The van der Waals surface area contributed by atoms with Crippen molar-refractivity contribution in [1.82, 2.24) is 41.2 Å². The number of carbonyl (C=O) groups is 4. The molecule has 302 valence electrons. The van der Waals surface area contributed by atoms with E-state index in [4.69, 9.17) is 19.7 Å². The molecule has 2 aromatic carbocycles. The van der Waals surface area contributed by atoms with Crippen LogP contribution >= 0.6 is 0 Å². The molecular formula is C40H54N8O8. The number of hydrogen-bond acceptors (Lipinski definition) is 10. The van der Waals surface area contributed by atoms with Crippen LogP contribution in [-0.4, -0.2) is 93.7 Å². The van der Waals surface area contributed by atoms with Gasteiger partial charge in [0.25, 0.3) is 0 Å². The van der Waals surface area contributed by atoms with E-state index in [1.54, 1.807) is 12.4 Å². The summed E-state index contributed by atoms with van der Waals surface area (Å²) in [5.41, 5.74) is 7.78. The average Bonchev–Trinajstić information content (AvgIpc) is 3.83. The summed E-state index contributed by atoms with van der Waals surface area (Å²) in [5, 5.41) is 28.6. The van der Waals surface area contributed by atoms with Gasteiger partial charge in [-0.05, 0) is 66.3 Å². The van der Waals surface area contributed by atoms with Gasteiger partial charge in [-0.2, -0.15) is 0 Å². The number of imidazole rings is 2. The van der Waals surface area contributed by atoms with Crippen LogP contribution in [0.25, 0.3) is 33.6 Å². The zero-order valence-electron chi connectivity index (χ0n) is 33.1. The Balaban J connectivity index is 1.53. The summed E-state index contributed by atoms with van der Waals surface area (Å²) in [7, 11) is 3.04. The van der Waals surface area contributed by atoms with Crippen molar-refractivity contribution in [1.29, 1.82) is 0 Å². The normalized spacial score (nSPS) is 13.7. The molecule has 4 aromatic rings. The fourth-order valence-electron chi connectivity index (χ4n) is 6.57. The van der Waals surface area contributed by atoms with Crippen molar-refractivity contribution in [2.24, 2.45) is 11.8 Å². The number of aromatic nitrogens is 4. The Morgan fingerprint density at radius 2 is 1.05 bits per heavy atom. The van der Waals surface area contributed by atoms with Crippen LogP contribution < -0.4 is 21.3 Å². The molecule has 0 aliphatic heterocycles. The molecule has 0 saturated carbocycles. The number of imide groups is 2. The molecule has 0 bridgehead atoms. The van der Waals surface area contributed by atoms with Gasteiger partial charge in [-0.25, -0.2) is 19.6 Å². The van der Waals surface area contributed by atoms with Crippen molar-refractivity contribution in [3.8, 4) is 33.6 Å². The Bertz CT molecular complexity index is 1960. The second-order valence-corrected chi connectivity index (χ2v) is 14.4. The largest absolute Gasteiger partial charge is 0.465 e. The average molecular weight is 775 g/mol. The standard InChI is InChI=1S/C40H54N8O8/c1-21(2)33(43-29(15-17-55-7)37(49)47-39(51)52)35-41-19-31(45-35)26-11-9-25(10-12-26)27-13-14-28(24(6)23(27)5)32-20-42-36(46-32)34(22(3)4)44-30(16-18-56-8)38(50)48-40(53)54/h9-14,19-22,29-30,33-34,43-44H,15-18H2,1-8H3,(H,41,45)(H,42,46)(H,47,49)(H,48,50)(H,51,52)(H,53,54)/t29?,30-,33?,34-/m0/s1. The summed E-state index contributed by atoms with van der Waals surface area (Å²) >= 11 is 0. The van der Waals surface area contributed by atoms with Crippen molar-refractivity contribution < 1.29 is 38.9 Å². The number of aromatic amines is 2. The number of carboxylic acid groups (broad SMARTS) is 2. The van der Waals surface area contributed by atoms with Crippen molar-refractivity contribution in [3.63, 3.8) is 0 Å². The molecule has 2 unspecified atom stereocenters. The number of amides is 4. The summed E-state index contributed by atoms with van der Waals surface area (Å²) in [6, 6.07) is 9.93. The van der Waals surface area contributed by atoms with E-state index in [1.807, 2.05) is 50.5 Å². The molecule has 0 aliphatic rings. The molecular weight excluding hydrogens is 720 g/mol. The van der Waals surface area contributed by atoms with Crippen LogP contribution in [-0.2, 0) is 19.1 Å². The molecule has 0 aliphatic carbocycles. The molecule has 8 N–H and O–H groups in total. The van der Waals surface area contributed by atoms with Crippen LogP contribution in [0.4, 0.5) is 9.59 Å². The van der Waals surface area contributed by atoms with Crippen LogP contribution in [0.3, 0.4) is 0 Å². The predicted molar refractivity (Wildman–Crippen MR) is 211 cm³/mol. The number of H-pyrrole nitrogens is 2. The van der Waals surface area contributed by atoms with Crippen LogP contribution in [0.2, 0.25) is 0 Å². The lowest BCUT2D eigenvalue weighted by Gasteiger charge is -2.26. The van der Waals surface area contributed by atoms with Crippen LogP contribution in [0, 0.1) is 25.7 Å². The van der Waals surface area contributed by atoms with Crippen molar-refractivity contribution in [2.75, 3.05) is 27.4 Å². The van der Waals surface area contributed by atoms with E-state index in [9.17, 15) is 19.2 Å². The minimum absolute atomic E-state index is 0.0172. The fraction of sp³-hybridized carbons (Fsp3) is 0.450. The summed E-state index contributed by atoms with van der Waals surface area (Å²) < 4.78 is 10.3. The van der Waals surface area contributed by atoms with Crippen LogP contribution in [0.5, 0.6) is 0 Å². The van der Waals surface area contributed by atoms with E-state index in [0.29, 0.717) is 11.6 Å². The van der Waals surface area contributed by atoms with Gasteiger partial charge in [-0.3, -0.25) is 30.9 Å². The number of ether oxygens (including phenoxy) is 2. The van der Waals surface area contributed by atoms with E-state index in [0.717, 1.165) is 44.8 Å². The number of benzene rings is 2. The third kappa shape index (κ3) is 11.1. The van der Waals surface area contributed by atoms with Crippen LogP contribution in [0.15, 0.2) is 48.8 Å². The lowest BCUT2D eigenvalue weighted by Crippen LogP contribution is -2.48. The van der Waals surface area contributed by atoms with Gasteiger partial charge in [-0.1, -0.05) is 64.1 Å². The maximum absolute atomic E-state index is 12.7. The number of rotatable bonds is 19. The van der Waals surface area contributed by atoms with E-state index in [1.165, 1.54) is 14.2 Å². The number of nitrogens with zero attached hydrogens (tertiary/aromatic N) is 2. The molecule has 0 spiro atoms. The zero-order chi connectivity index (χ0) is 41.1. The Morgan fingerprint density at radius 1 is 0.643 bits per heavy atom. The Labute approximate surface area is 326 Å². The molecule has 2 heterocycles. The molecule has 0 saturated heterocycles. The molecule has 4 atom stereocenters. The predicted octanol–water partition coefficient (Wildman–Crippen LogP) is 5.72. The SMILES string of the molecule is COCCC(NC(c1ncc(-c2ccc(-c3ccc(-c4cnc([C@@H](N[C@@H](CCOC)C(=O)NC(=O)O)C(C)C)[nH]4)c(C)c3C)cc2)[nH]1)C(C)C)C(=O)NC(=O)O. The quantitative estimate of drug-likeness (QED) is 0.0572. The summed E-state index contributed by atoms with van der Waals surface area (Å²) in [6.45, 7) is 12.7. The maximum Gasteiger partial charge on any atom is 0.411 e. The second-order valence-electron chi connectivity index (χ2n) is 14.4. The van der Waals surface area contributed by atoms with Gasteiger partial charge in [0.1, 0.15) is 11.6 Å². The number of methoxy groups -OCH3 is 2. The fourth-order valence-corrected chi connectivity index (χ4v) is 6.57. The van der Waals surface area contributed by atoms with Crippen molar-refractivity contribution in [2.45, 2.75) is 78.6 Å². The first-order valence-electron chi connectivity index (χ1n) is 18.5. The highest BCUT2D eigenvalue weighted by Crippen LogP contribution is 2.34. The van der Waals surface area contributed by atoms with Gasteiger partial charge in [0.15, 0.2) is 0 Å². The lowest BCUT2D eigenvalue weighted by atomic mass is 9.92. The minimum Gasteiger partial charge on any atom is -0.465 e. The molecule has 16 heteroatoms. The first-order valence-corrected chi connectivity index (χ1v) is 18.5. The number of nitrogens with one attached hydrogen (secondary N) is 6. The third-order valence-corrected chi connectivity index (χ3v) is 9.77. The van der Waals surface area contributed by atoms with Gasteiger partial charge in [0, 0.05) is 33.0 Å². The molecule has 16 nitrogen and oxygen atoms in total. The highest BCUT2D eigenvalue weighted by molar-refractivity contribution is 5.94. The van der Waals surface area contributed by atoms with Crippen LogP contribution in [0.1, 0.15) is 75.4 Å². The van der Waals surface area contributed by atoms with Gasteiger partial charge in [0.05, 0.1) is 47.9 Å². The van der Waals surface area contributed by atoms with Gasteiger partial charge >= 0.3 is 12.2 Å². The first kappa shape index (κ1) is 43.3. The maximum atomic E-state index is 12.7. The van der Waals surface area contributed by atoms with Gasteiger partial charge in [-0.15, -0.1) is 0 Å². The Hall–Kier alpha value is -5.42. The molecule has 4 rings (SSSR count). The Morgan fingerprint density at radius 3 is 1.50 bits per heavy atom. The van der Waals surface area contributed by atoms with Gasteiger partial charge < -0.3 is 29.7 Å². The zero-order valence-corrected chi connectivity index (χ0v) is 33.1. The number of carbonyl (C=O) groups excluding carboxylic acids is 2. The van der Waals surface area contributed by atoms with Crippen molar-refractivity contribution >= 4 is 24.0 Å². The molecule has 4 amide bonds. The smallest absolute Gasteiger partial charge is 0.411 e. The molecule has 56 heavy (non-hydrogen) atoms. The third-order valence-electron chi connectivity index (χ3n) is 9.77. The lowest BCUT2D eigenvalue weighted by molar-refractivity contribution is -0.124. The highest BCUT2D eigenvalue weighted by atomic mass is 16.5. The second kappa shape index (κ2) is 20.0. The molecule has 2 aromatic heterocycles. The van der Waals surface area contributed by atoms with E-state index < -0.39 is 36.1 Å². The molecule has 0 radical (unpaired) electrons. The van der Waals surface area contributed by atoms with E-state index >= 15 is 0 Å². The minimum atomic E-state index is -1.42. The highest BCUT2D eigenvalue weighted by Gasteiger charge is 2.29. The summed E-state index contributed by atoms with van der Waals surface area (Å²) in [4.78, 5) is 63.8. The topological polar surface area (TPSA) is 233 Å². The Kier molecular flexibility index (Phi) is 15.4. The van der Waals surface area contributed by atoms with E-state index in [2.05, 4.69) is 68.7 Å². The van der Waals surface area contributed by atoms with E-state index in [-0.39, 0.29) is 50.0 Å². The number of hydrogen-bond donors (Lipinski definition) is 8. The van der Waals surface area contributed by atoms with Crippen molar-refractivity contribution in [3.05, 3.63) is 71.6 Å². The monoisotopic (exact) mass is 774 g/mol. The first-order chi connectivity index (χ1) is 26.6. The van der Waals surface area contributed by atoms with Gasteiger partial charge in [0.2, 0.25) is 11.8 Å². The summed E-state index contributed by atoms with van der Waals surface area (Å²) in [5.74, 6) is -0.0179.